The number of methoxy groups -OCH3 is 1. The first-order valence-corrected chi connectivity index (χ1v) is 6.24. The van der Waals surface area contributed by atoms with Crippen LogP contribution in [0.4, 0.5) is 0 Å². The highest BCUT2D eigenvalue weighted by Crippen LogP contribution is 2.26. The molecule has 0 amide bonds. The lowest BCUT2D eigenvalue weighted by molar-refractivity contribution is 0.110. The van der Waals surface area contributed by atoms with Gasteiger partial charge in [0.25, 0.3) is 0 Å². The smallest absolute Gasteiger partial charge is 0.0667 e. The van der Waals surface area contributed by atoms with Crippen LogP contribution in [-0.4, -0.2) is 32.3 Å². The fraction of sp³-hybridized carbons (Fsp3) is 1.00. The summed E-state index contributed by atoms with van der Waals surface area (Å²) < 4.78 is 5.23. The molecule has 0 aromatic heterocycles. The monoisotopic (exact) mass is 214 g/mol. The number of ether oxygens (including phenoxy) is 1. The second kappa shape index (κ2) is 7.20. The molecule has 90 valence electrons. The van der Waals surface area contributed by atoms with E-state index in [2.05, 4.69) is 12.2 Å². The highest BCUT2D eigenvalue weighted by Gasteiger charge is 2.22. The van der Waals surface area contributed by atoms with Crippen molar-refractivity contribution in [2.75, 3.05) is 20.2 Å². The largest absolute Gasteiger partial charge is 0.380 e. The van der Waals surface area contributed by atoms with E-state index in [4.69, 9.17) is 10.5 Å². The highest BCUT2D eigenvalue weighted by molar-refractivity contribution is 4.80. The van der Waals surface area contributed by atoms with Crippen molar-refractivity contribution in [3.63, 3.8) is 0 Å². The third-order valence-electron chi connectivity index (χ3n) is 3.54. The van der Waals surface area contributed by atoms with Gasteiger partial charge >= 0.3 is 0 Å². The summed E-state index contributed by atoms with van der Waals surface area (Å²) in [7, 11) is 1.75. The molecule has 0 saturated heterocycles. The summed E-state index contributed by atoms with van der Waals surface area (Å²) in [6.07, 6.45) is 7.13. The van der Waals surface area contributed by atoms with E-state index in [1.807, 2.05) is 0 Å². The maximum absolute atomic E-state index is 5.83. The first-order valence-electron chi connectivity index (χ1n) is 6.24. The maximum atomic E-state index is 5.83. The van der Waals surface area contributed by atoms with Crippen molar-refractivity contribution in [1.29, 1.82) is 0 Å². The van der Waals surface area contributed by atoms with E-state index in [-0.39, 0.29) is 6.10 Å². The van der Waals surface area contributed by atoms with Crippen LogP contribution in [0.3, 0.4) is 0 Å². The Hall–Kier alpha value is -0.120. The fourth-order valence-electron chi connectivity index (χ4n) is 2.38. The third kappa shape index (κ3) is 4.49. The van der Waals surface area contributed by atoms with Crippen molar-refractivity contribution in [3.05, 3.63) is 0 Å². The first kappa shape index (κ1) is 12.9. The van der Waals surface area contributed by atoms with Gasteiger partial charge in [-0.15, -0.1) is 0 Å². The molecule has 2 atom stereocenters. The minimum Gasteiger partial charge on any atom is -0.380 e. The van der Waals surface area contributed by atoms with Crippen molar-refractivity contribution in [3.8, 4) is 0 Å². The van der Waals surface area contributed by atoms with Crippen LogP contribution in [0.15, 0.2) is 0 Å². The van der Waals surface area contributed by atoms with Crippen LogP contribution < -0.4 is 11.1 Å². The Morgan fingerprint density at radius 2 is 2.00 bits per heavy atom. The number of hydrogen-bond donors (Lipinski definition) is 2. The molecule has 1 fully saturated rings. The van der Waals surface area contributed by atoms with Crippen molar-refractivity contribution < 1.29 is 4.74 Å². The molecule has 0 aromatic rings. The molecule has 3 heteroatoms. The predicted octanol–water partition coefficient (Wildman–Crippen LogP) is 1.52. The SMILES string of the molecule is COC(C)CNC(CN)C1CCCCC1. The standard InChI is InChI=1S/C12H26N2O/c1-10(15-2)9-14-12(8-13)11-6-4-3-5-7-11/h10-12,14H,3-9,13H2,1-2H3. The summed E-state index contributed by atoms with van der Waals surface area (Å²) in [5.41, 5.74) is 5.83. The Morgan fingerprint density at radius 1 is 1.33 bits per heavy atom. The molecule has 1 saturated carbocycles. The quantitative estimate of drug-likeness (QED) is 0.705. The minimum atomic E-state index is 0.280. The Kier molecular flexibility index (Phi) is 6.22. The van der Waals surface area contributed by atoms with Gasteiger partial charge in [-0.2, -0.15) is 0 Å². The molecule has 1 aliphatic rings. The summed E-state index contributed by atoms with van der Waals surface area (Å²) in [5, 5.41) is 3.54. The molecule has 0 aromatic carbocycles. The Bertz CT molecular complexity index is 158. The van der Waals surface area contributed by atoms with Gasteiger partial charge < -0.3 is 15.8 Å². The second-order valence-electron chi connectivity index (χ2n) is 4.69. The van der Waals surface area contributed by atoms with Gasteiger partial charge in [0.2, 0.25) is 0 Å². The van der Waals surface area contributed by atoms with Gasteiger partial charge in [-0.05, 0) is 25.7 Å². The molecule has 1 aliphatic carbocycles. The summed E-state index contributed by atoms with van der Waals surface area (Å²) in [6.45, 7) is 3.75. The number of rotatable bonds is 6. The Balaban J connectivity index is 2.27. The Labute approximate surface area is 93.8 Å². The van der Waals surface area contributed by atoms with Gasteiger partial charge in [0, 0.05) is 26.2 Å². The van der Waals surface area contributed by atoms with Gasteiger partial charge in [0.15, 0.2) is 0 Å². The molecule has 2 unspecified atom stereocenters. The number of hydrogen-bond acceptors (Lipinski definition) is 3. The van der Waals surface area contributed by atoms with Crippen molar-refractivity contribution >= 4 is 0 Å². The lowest BCUT2D eigenvalue weighted by Gasteiger charge is -2.30. The summed E-state index contributed by atoms with van der Waals surface area (Å²) in [6, 6.07) is 0.489. The van der Waals surface area contributed by atoms with Crippen LogP contribution in [-0.2, 0) is 4.74 Å². The van der Waals surface area contributed by atoms with E-state index in [1.54, 1.807) is 7.11 Å². The molecular formula is C12H26N2O. The van der Waals surface area contributed by atoms with Crippen LogP contribution in [0.1, 0.15) is 39.0 Å². The minimum absolute atomic E-state index is 0.280. The number of nitrogens with two attached hydrogens (primary N) is 1. The molecule has 3 nitrogen and oxygen atoms in total. The average molecular weight is 214 g/mol. The van der Waals surface area contributed by atoms with E-state index < -0.39 is 0 Å². The van der Waals surface area contributed by atoms with Crippen LogP contribution in [0.25, 0.3) is 0 Å². The zero-order valence-corrected chi connectivity index (χ0v) is 10.2. The van der Waals surface area contributed by atoms with Crippen LogP contribution in [0, 0.1) is 5.92 Å². The molecule has 15 heavy (non-hydrogen) atoms. The molecule has 0 bridgehead atoms. The lowest BCUT2D eigenvalue weighted by atomic mass is 9.84. The molecule has 3 N–H and O–H groups in total. The zero-order valence-electron chi connectivity index (χ0n) is 10.2. The van der Waals surface area contributed by atoms with Crippen LogP contribution in [0.2, 0.25) is 0 Å². The lowest BCUT2D eigenvalue weighted by Crippen LogP contribution is -2.45. The molecule has 0 spiro atoms. The average Bonchev–Trinajstić information content (AvgIpc) is 2.31. The van der Waals surface area contributed by atoms with E-state index in [1.165, 1.54) is 32.1 Å². The van der Waals surface area contributed by atoms with Gasteiger partial charge in [-0.1, -0.05) is 19.3 Å². The normalized spacial score (nSPS) is 22.6. The maximum Gasteiger partial charge on any atom is 0.0667 e. The third-order valence-corrected chi connectivity index (χ3v) is 3.54. The van der Waals surface area contributed by atoms with Crippen molar-refractivity contribution in [2.45, 2.75) is 51.2 Å². The Morgan fingerprint density at radius 3 is 2.53 bits per heavy atom. The van der Waals surface area contributed by atoms with E-state index in [0.29, 0.717) is 6.04 Å². The van der Waals surface area contributed by atoms with Crippen LogP contribution in [0.5, 0.6) is 0 Å². The van der Waals surface area contributed by atoms with E-state index >= 15 is 0 Å². The molecule has 0 radical (unpaired) electrons. The predicted molar refractivity (Wildman–Crippen MR) is 63.9 cm³/mol. The van der Waals surface area contributed by atoms with E-state index in [0.717, 1.165) is 19.0 Å². The van der Waals surface area contributed by atoms with Gasteiger partial charge in [0.1, 0.15) is 0 Å². The summed E-state index contributed by atoms with van der Waals surface area (Å²) in [4.78, 5) is 0. The summed E-state index contributed by atoms with van der Waals surface area (Å²) >= 11 is 0. The topological polar surface area (TPSA) is 47.3 Å². The molecule has 0 aliphatic heterocycles. The van der Waals surface area contributed by atoms with Gasteiger partial charge in [0.05, 0.1) is 6.10 Å². The summed E-state index contributed by atoms with van der Waals surface area (Å²) in [5.74, 6) is 0.785. The molecule has 0 heterocycles. The first-order chi connectivity index (χ1) is 7.27. The van der Waals surface area contributed by atoms with Gasteiger partial charge in [-0.3, -0.25) is 0 Å². The van der Waals surface area contributed by atoms with Crippen molar-refractivity contribution in [1.82, 2.24) is 5.32 Å². The zero-order chi connectivity index (χ0) is 11.1. The number of nitrogens with one attached hydrogen (secondary N) is 1. The second-order valence-corrected chi connectivity index (χ2v) is 4.69. The molecule has 1 rings (SSSR count). The highest BCUT2D eigenvalue weighted by atomic mass is 16.5. The van der Waals surface area contributed by atoms with Crippen molar-refractivity contribution in [2.24, 2.45) is 11.7 Å². The molecular weight excluding hydrogens is 188 g/mol. The fourth-order valence-corrected chi connectivity index (χ4v) is 2.38. The van der Waals surface area contributed by atoms with Gasteiger partial charge in [-0.25, -0.2) is 0 Å². The van der Waals surface area contributed by atoms with E-state index in [9.17, 15) is 0 Å². The van der Waals surface area contributed by atoms with Crippen LogP contribution >= 0.6 is 0 Å².